The first-order valence-electron chi connectivity index (χ1n) is 6.62. The van der Waals surface area contributed by atoms with E-state index in [2.05, 4.69) is 9.78 Å². The summed E-state index contributed by atoms with van der Waals surface area (Å²) in [5, 5.41) is 9.18. The summed E-state index contributed by atoms with van der Waals surface area (Å²) in [6.07, 6.45) is 2.74. The summed E-state index contributed by atoms with van der Waals surface area (Å²) >= 11 is 0. The van der Waals surface area contributed by atoms with Crippen molar-refractivity contribution < 1.29 is 29.2 Å². The molecule has 2 rings (SSSR count). The fourth-order valence-corrected chi connectivity index (χ4v) is 1.68. The van der Waals surface area contributed by atoms with Gasteiger partial charge in [0.05, 0.1) is 12.7 Å². The standard InChI is InChI=1S/C17H14O6/c1-21-23-16(19)11-4-12-2-9-15(10-3-12)22-17(20)13-5-7-14(18)8-6-13/h2-11,18H,1H3/b11-4+. The molecule has 0 saturated heterocycles. The van der Waals surface area contributed by atoms with E-state index in [-0.39, 0.29) is 5.75 Å². The normalized spacial score (nSPS) is 10.5. The average molecular weight is 314 g/mol. The van der Waals surface area contributed by atoms with Gasteiger partial charge in [0.1, 0.15) is 11.5 Å². The molecule has 6 nitrogen and oxygen atoms in total. The zero-order chi connectivity index (χ0) is 16.7. The quantitative estimate of drug-likeness (QED) is 0.300. The Hall–Kier alpha value is -3.12. The van der Waals surface area contributed by atoms with Crippen molar-refractivity contribution in [3.8, 4) is 11.5 Å². The van der Waals surface area contributed by atoms with Gasteiger partial charge in [-0.05, 0) is 48.0 Å². The molecule has 6 heteroatoms. The maximum absolute atomic E-state index is 11.9. The van der Waals surface area contributed by atoms with Crippen LogP contribution in [-0.4, -0.2) is 24.2 Å². The Morgan fingerprint density at radius 2 is 1.65 bits per heavy atom. The number of hydrogen-bond donors (Lipinski definition) is 1. The van der Waals surface area contributed by atoms with Crippen LogP contribution in [-0.2, 0) is 14.6 Å². The highest BCUT2D eigenvalue weighted by atomic mass is 17.2. The Morgan fingerprint density at radius 1 is 1.00 bits per heavy atom. The molecular formula is C17H14O6. The minimum atomic E-state index is -0.629. The van der Waals surface area contributed by atoms with Crippen molar-refractivity contribution in [2.45, 2.75) is 0 Å². The lowest BCUT2D eigenvalue weighted by Gasteiger charge is -2.04. The highest BCUT2D eigenvalue weighted by Gasteiger charge is 2.08. The van der Waals surface area contributed by atoms with E-state index in [1.807, 2.05) is 0 Å². The molecule has 2 aromatic rings. The number of carbonyl (C=O) groups is 2. The van der Waals surface area contributed by atoms with Crippen molar-refractivity contribution in [1.29, 1.82) is 0 Å². The van der Waals surface area contributed by atoms with Gasteiger partial charge in [0.15, 0.2) is 0 Å². The summed E-state index contributed by atoms with van der Waals surface area (Å²) in [4.78, 5) is 31.5. The smallest absolute Gasteiger partial charge is 0.365 e. The summed E-state index contributed by atoms with van der Waals surface area (Å²) in [7, 11) is 1.24. The van der Waals surface area contributed by atoms with Gasteiger partial charge in [-0.3, -0.25) is 4.89 Å². The number of aromatic hydroxyl groups is 1. The summed E-state index contributed by atoms with van der Waals surface area (Å²) in [6.45, 7) is 0. The molecule has 118 valence electrons. The summed E-state index contributed by atoms with van der Waals surface area (Å²) in [5.41, 5.74) is 1.05. The van der Waals surface area contributed by atoms with Crippen molar-refractivity contribution >= 4 is 18.0 Å². The first-order valence-corrected chi connectivity index (χ1v) is 6.62. The second kappa shape index (κ2) is 7.77. The molecule has 0 amide bonds. The topological polar surface area (TPSA) is 82.1 Å². The lowest BCUT2D eigenvalue weighted by molar-refractivity contribution is -0.249. The lowest BCUT2D eigenvalue weighted by atomic mass is 10.2. The van der Waals surface area contributed by atoms with E-state index in [1.54, 1.807) is 24.3 Å². The van der Waals surface area contributed by atoms with Crippen molar-refractivity contribution in [2.24, 2.45) is 0 Å². The van der Waals surface area contributed by atoms with Gasteiger partial charge in [0.25, 0.3) is 0 Å². The van der Waals surface area contributed by atoms with Crippen LogP contribution in [0.2, 0.25) is 0 Å². The van der Waals surface area contributed by atoms with Crippen LogP contribution in [0.4, 0.5) is 0 Å². The molecule has 0 bridgehead atoms. The van der Waals surface area contributed by atoms with E-state index < -0.39 is 11.9 Å². The van der Waals surface area contributed by atoms with Crippen molar-refractivity contribution in [3.05, 3.63) is 65.7 Å². The molecule has 0 spiro atoms. The first kappa shape index (κ1) is 16.3. The van der Waals surface area contributed by atoms with Crippen LogP contribution in [0.25, 0.3) is 6.08 Å². The third-order valence-electron chi connectivity index (χ3n) is 2.77. The number of rotatable bonds is 5. The number of phenols is 1. The molecule has 0 atom stereocenters. The molecule has 23 heavy (non-hydrogen) atoms. The van der Waals surface area contributed by atoms with Gasteiger partial charge >= 0.3 is 11.9 Å². The van der Waals surface area contributed by atoms with Crippen LogP contribution in [0.3, 0.4) is 0 Å². The number of carbonyl (C=O) groups excluding carboxylic acids is 2. The zero-order valence-corrected chi connectivity index (χ0v) is 12.3. The molecule has 0 aliphatic carbocycles. The predicted octanol–water partition coefficient (Wildman–Crippen LogP) is 2.73. The predicted molar refractivity (Wildman–Crippen MR) is 81.6 cm³/mol. The highest BCUT2D eigenvalue weighted by molar-refractivity contribution is 5.91. The van der Waals surface area contributed by atoms with Crippen LogP contribution in [0.1, 0.15) is 15.9 Å². The first-order chi connectivity index (χ1) is 11.1. The minimum absolute atomic E-state index is 0.0738. The molecule has 0 saturated carbocycles. The molecule has 0 aromatic heterocycles. The Bertz CT molecular complexity index is 701. The number of hydrogen-bond acceptors (Lipinski definition) is 6. The molecule has 0 heterocycles. The van der Waals surface area contributed by atoms with Gasteiger partial charge in [0.2, 0.25) is 0 Å². The SMILES string of the molecule is COOC(=O)/C=C/c1ccc(OC(=O)c2ccc(O)cc2)cc1. The number of benzene rings is 2. The van der Waals surface area contributed by atoms with Crippen LogP contribution >= 0.6 is 0 Å². The van der Waals surface area contributed by atoms with Crippen molar-refractivity contribution in [2.75, 3.05) is 7.11 Å². The van der Waals surface area contributed by atoms with E-state index in [1.165, 1.54) is 43.5 Å². The Kier molecular flexibility index (Phi) is 5.49. The zero-order valence-electron chi connectivity index (χ0n) is 12.3. The fourth-order valence-electron chi connectivity index (χ4n) is 1.68. The molecular weight excluding hydrogens is 300 g/mol. The van der Waals surface area contributed by atoms with Gasteiger partial charge < -0.3 is 9.84 Å². The maximum atomic E-state index is 11.9. The van der Waals surface area contributed by atoms with Crippen LogP contribution in [0.5, 0.6) is 11.5 Å². The maximum Gasteiger partial charge on any atom is 0.365 e. The second-order valence-electron chi connectivity index (χ2n) is 4.41. The minimum Gasteiger partial charge on any atom is -0.508 e. The fraction of sp³-hybridized carbons (Fsp3) is 0.0588. The van der Waals surface area contributed by atoms with Crippen molar-refractivity contribution in [1.82, 2.24) is 0 Å². The van der Waals surface area contributed by atoms with Crippen LogP contribution in [0.15, 0.2) is 54.6 Å². The van der Waals surface area contributed by atoms with E-state index in [9.17, 15) is 14.7 Å². The summed E-state index contributed by atoms with van der Waals surface area (Å²) in [5.74, 6) is -0.725. The van der Waals surface area contributed by atoms with E-state index in [4.69, 9.17) is 4.74 Å². The molecule has 0 fully saturated rings. The Balaban J connectivity index is 1.98. The number of esters is 1. The monoisotopic (exact) mass is 314 g/mol. The van der Waals surface area contributed by atoms with Gasteiger partial charge in [0, 0.05) is 6.08 Å². The van der Waals surface area contributed by atoms with Crippen molar-refractivity contribution in [3.63, 3.8) is 0 Å². The molecule has 1 N–H and O–H groups in total. The largest absolute Gasteiger partial charge is 0.508 e. The molecule has 0 aliphatic heterocycles. The van der Waals surface area contributed by atoms with Gasteiger partial charge in [-0.1, -0.05) is 12.1 Å². The second-order valence-corrected chi connectivity index (χ2v) is 4.41. The van der Waals surface area contributed by atoms with Crippen LogP contribution < -0.4 is 4.74 Å². The van der Waals surface area contributed by atoms with Gasteiger partial charge in [-0.2, -0.15) is 4.89 Å². The Labute approximate surface area is 132 Å². The molecule has 0 aliphatic rings. The third-order valence-corrected chi connectivity index (χ3v) is 2.77. The number of phenolic OH excluding ortho intramolecular Hbond substituents is 1. The number of ether oxygens (including phenoxy) is 1. The average Bonchev–Trinajstić information content (AvgIpc) is 2.55. The molecule has 2 aromatic carbocycles. The van der Waals surface area contributed by atoms with Crippen LogP contribution in [0, 0.1) is 0 Å². The third kappa shape index (κ3) is 4.98. The van der Waals surface area contributed by atoms with Gasteiger partial charge in [-0.25, -0.2) is 9.59 Å². The highest BCUT2D eigenvalue weighted by Crippen LogP contribution is 2.16. The lowest BCUT2D eigenvalue weighted by Crippen LogP contribution is -2.07. The van der Waals surface area contributed by atoms with Gasteiger partial charge in [-0.15, -0.1) is 0 Å². The summed E-state index contributed by atoms with van der Waals surface area (Å²) < 4.78 is 5.20. The van der Waals surface area contributed by atoms with E-state index in [0.29, 0.717) is 11.3 Å². The van der Waals surface area contributed by atoms with E-state index in [0.717, 1.165) is 5.56 Å². The molecule has 0 unspecified atom stereocenters. The molecule has 0 radical (unpaired) electrons. The van der Waals surface area contributed by atoms with E-state index >= 15 is 0 Å². The summed E-state index contributed by atoms with van der Waals surface area (Å²) in [6, 6.07) is 12.3. The Morgan fingerprint density at radius 3 is 2.26 bits per heavy atom.